The van der Waals surface area contributed by atoms with E-state index in [1.807, 2.05) is 7.05 Å². The molecule has 0 atom stereocenters. The molecule has 0 bridgehead atoms. The molecule has 1 fully saturated rings. The summed E-state index contributed by atoms with van der Waals surface area (Å²) in [5.74, 6) is 1.75. The molecule has 3 heterocycles. The molecular formula is C17H24N6O2. The normalized spacial score (nSPS) is 14.6. The quantitative estimate of drug-likeness (QED) is 0.788. The van der Waals surface area contributed by atoms with Gasteiger partial charge in [0.15, 0.2) is 11.6 Å². The van der Waals surface area contributed by atoms with Gasteiger partial charge in [-0.05, 0) is 18.6 Å². The van der Waals surface area contributed by atoms with Crippen LogP contribution in [-0.2, 0) is 0 Å². The van der Waals surface area contributed by atoms with Crippen LogP contribution in [0.5, 0.6) is 0 Å². The molecule has 0 spiro atoms. The number of aromatic nitrogens is 3. The third-order valence-electron chi connectivity index (χ3n) is 4.35. The lowest BCUT2D eigenvalue weighted by Crippen LogP contribution is -2.49. The minimum atomic E-state index is -0.0725. The molecule has 0 unspecified atom stereocenters. The first-order valence-electron chi connectivity index (χ1n) is 8.67. The molecule has 1 aliphatic rings. The number of piperazine rings is 1. The highest BCUT2D eigenvalue weighted by atomic mass is 16.3. The smallest absolute Gasteiger partial charge is 0.289 e. The van der Waals surface area contributed by atoms with Crippen LogP contribution in [0.25, 0.3) is 0 Å². The Bertz CT molecular complexity index is 682. The van der Waals surface area contributed by atoms with Crippen LogP contribution in [0.2, 0.25) is 0 Å². The first-order valence-corrected chi connectivity index (χ1v) is 8.67. The van der Waals surface area contributed by atoms with Crippen LogP contribution in [-0.4, -0.2) is 65.8 Å². The zero-order valence-corrected chi connectivity index (χ0v) is 14.8. The fourth-order valence-electron chi connectivity index (χ4n) is 2.78. The molecule has 1 amide bonds. The number of carbonyl (C=O) groups is 1. The number of anilines is 2. The summed E-state index contributed by atoms with van der Waals surface area (Å²) < 4.78 is 5.19. The van der Waals surface area contributed by atoms with Crippen molar-refractivity contribution < 1.29 is 9.21 Å². The standard InChI is InChI=1S/C17H24N6O2/c1-3-4-7-21(2)15-13-18-20-17(19-15)23-10-8-22(9-11-23)16(24)14-6-5-12-25-14/h5-6,12-13H,3-4,7-11H2,1-2H3. The predicted molar refractivity (Wildman–Crippen MR) is 94.8 cm³/mol. The maximum atomic E-state index is 12.3. The van der Waals surface area contributed by atoms with Gasteiger partial charge in [0.05, 0.1) is 12.5 Å². The molecule has 8 heteroatoms. The topological polar surface area (TPSA) is 78.6 Å². The van der Waals surface area contributed by atoms with E-state index in [0.29, 0.717) is 37.9 Å². The molecule has 0 aliphatic carbocycles. The molecule has 0 aromatic carbocycles. The van der Waals surface area contributed by atoms with Crippen LogP contribution in [0.4, 0.5) is 11.8 Å². The second-order valence-corrected chi connectivity index (χ2v) is 6.15. The average molecular weight is 344 g/mol. The summed E-state index contributed by atoms with van der Waals surface area (Å²) >= 11 is 0. The number of hydrogen-bond acceptors (Lipinski definition) is 7. The van der Waals surface area contributed by atoms with E-state index in [1.165, 1.54) is 6.26 Å². The largest absolute Gasteiger partial charge is 0.459 e. The van der Waals surface area contributed by atoms with Gasteiger partial charge in [-0.3, -0.25) is 4.79 Å². The van der Waals surface area contributed by atoms with Gasteiger partial charge in [-0.1, -0.05) is 13.3 Å². The molecule has 8 nitrogen and oxygen atoms in total. The van der Waals surface area contributed by atoms with E-state index in [4.69, 9.17) is 4.42 Å². The van der Waals surface area contributed by atoms with E-state index in [-0.39, 0.29) is 5.91 Å². The Morgan fingerprint density at radius 1 is 1.32 bits per heavy atom. The van der Waals surface area contributed by atoms with Crippen molar-refractivity contribution in [2.24, 2.45) is 0 Å². The van der Waals surface area contributed by atoms with E-state index < -0.39 is 0 Å². The number of unbranched alkanes of at least 4 members (excludes halogenated alkanes) is 1. The van der Waals surface area contributed by atoms with Gasteiger partial charge in [0.1, 0.15) is 0 Å². The van der Waals surface area contributed by atoms with Crippen molar-refractivity contribution >= 4 is 17.7 Å². The number of hydrogen-bond donors (Lipinski definition) is 0. The van der Waals surface area contributed by atoms with Crippen LogP contribution in [0.3, 0.4) is 0 Å². The second kappa shape index (κ2) is 7.96. The molecule has 1 saturated heterocycles. The van der Waals surface area contributed by atoms with Gasteiger partial charge < -0.3 is 19.1 Å². The Morgan fingerprint density at radius 2 is 2.12 bits per heavy atom. The van der Waals surface area contributed by atoms with E-state index in [2.05, 4.69) is 31.9 Å². The van der Waals surface area contributed by atoms with Crippen molar-refractivity contribution in [2.75, 3.05) is 49.6 Å². The van der Waals surface area contributed by atoms with Crippen LogP contribution in [0.15, 0.2) is 29.0 Å². The van der Waals surface area contributed by atoms with Gasteiger partial charge in [0, 0.05) is 39.8 Å². The summed E-state index contributed by atoms with van der Waals surface area (Å²) in [6.07, 6.45) is 5.46. The molecule has 0 radical (unpaired) electrons. The number of furan rings is 1. The van der Waals surface area contributed by atoms with E-state index >= 15 is 0 Å². The molecule has 2 aromatic rings. The Balaban J connectivity index is 1.60. The molecule has 134 valence electrons. The number of rotatable bonds is 6. The van der Waals surface area contributed by atoms with E-state index in [0.717, 1.165) is 25.2 Å². The average Bonchev–Trinajstić information content (AvgIpc) is 3.20. The molecule has 0 N–H and O–H groups in total. The van der Waals surface area contributed by atoms with Crippen LogP contribution < -0.4 is 9.80 Å². The molecule has 2 aromatic heterocycles. The second-order valence-electron chi connectivity index (χ2n) is 6.15. The SMILES string of the molecule is CCCCN(C)c1cnnc(N2CCN(C(=O)c3ccco3)CC2)n1. The minimum absolute atomic E-state index is 0.0725. The Kier molecular flexibility index (Phi) is 5.47. The lowest BCUT2D eigenvalue weighted by atomic mass is 10.3. The van der Waals surface area contributed by atoms with Crippen molar-refractivity contribution in [3.8, 4) is 0 Å². The van der Waals surface area contributed by atoms with Crippen molar-refractivity contribution in [1.82, 2.24) is 20.1 Å². The van der Waals surface area contributed by atoms with Gasteiger partial charge >= 0.3 is 0 Å². The number of nitrogens with zero attached hydrogens (tertiary/aromatic N) is 6. The fourth-order valence-corrected chi connectivity index (χ4v) is 2.78. The first-order chi connectivity index (χ1) is 12.2. The summed E-state index contributed by atoms with van der Waals surface area (Å²) in [6, 6.07) is 3.42. The van der Waals surface area contributed by atoms with Crippen molar-refractivity contribution in [2.45, 2.75) is 19.8 Å². The highest BCUT2D eigenvalue weighted by Gasteiger charge is 2.25. The van der Waals surface area contributed by atoms with Crippen LogP contribution in [0, 0.1) is 0 Å². The van der Waals surface area contributed by atoms with Gasteiger partial charge in [0.2, 0.25) is 5.95 Å². The van der Waals surface area contributed by atoms with Gasteiger partial charge in [-0.15, -0.1) is 5.10 Å². The summed E-state index contributed by atoms with van der Waals surface area (Å²) in [7, 11) is 2.02. The first kappa shape index (κ1) is 17.2. The fraction of sp³-hybridized carbons (Fsp3) is 0.529. The lowest BCUT2D eigenvalue weighted by molar-refractivity contribution is 0.0714. The summed E-state index contributed by atoms with van der Waals surface area (Å²) in [5.41, 5.74) is 0. The zero-order valence-electron chi connectivity index (χ0n) is 14.8. The molecular weight excluding hydrogens is 320 g/mol. The Labute approximate surface area is 147 Å². The lowest BCUT2D eigenvalue weighted by Gasteiger charge is -2.34. The van der Waals surface area contributed by atoms with Crippen molar-refractivity contribution in [3.05, 3.63) is 30.4 Å². The molecule has 25 heavy (non-hydrogen) atoms. The minimum Gasteiger partial charge on any atom is -0.459 e. The third-order valence-corrected chi connectivity index (χ3v) is 4.35. The van der Waals surface area contributed by atoms with Gasteiger partial charge in [-0.25, -0.2) is 0 Å². The maximum absolute atomic E-state index is 12.3. The number of carbonyl (C=O) groups excluding carboxylic acids is 1. The maximum Gasteiger partial charge on any atom is 0.289 e. The monoisotopic (exact) mass is 344 g/mol. The van der Waals surface area contributed by atoms with Crippen LogP contribution in [0.1, 0.15) is 30.3 Å². The predicted octanol–water partition coefficient (Wildman–Crippen LogP) is 1.66. The Hall–Kier alpha value is -2.64. The molecule has 1 aliphatic heterocycles. The van der Waals surface area contributed by atoms with Gasteiger partial charge in [-0.2, -0.15) is 10.1 Å². The summed E-state index contributed by atoms with van der Waals surface area (Å²) in [4.78, 5) is 22.9. The molecule has 3 rings (SSSR count). The van der Waals surface area contributed by atoms with Crippen molar-refractivity contribution in [1.29, 1.82) is 0 Å². The van der Waals surface area contributed by atoms with E-state index in [9.17, 15) is 4.79 Å². The summed E-state index contributed by atoms with van der Waals surface area (Å²) in [6.45, 7) is 5.69. The highest BCUT2D eigenvalue weighted by molar-refractivity contribution is 5.91. The zero-order chi connectivity index (χ0) is 17.6. The molecule has 0 saturated carbocycles. The number of amides is 1. The summed E-state index contributed by atoms with van der Waals surface area (Å²) in [5, 5.41) is 8.25. The van der Waals surface area contributed by atoms with Gasteiger partial charge in [0.25, 0.3) is 5.91 Å². The van der Waals surface area contributed by atoms with Crippen LogP contribution >= 0.6 is 0 Å². The van der Waals surface area contributed by atoms with Crippen molar-refractivity contribution in [3.63, 3.8) is 0 Å². The highest BCUT2D eigenvalue weighted by Crippen LogP contribution is 2.16. The van der Waals surface area contributed by atoms with E-state index in [1.54, 1.807) is 23.2 Å². The Morgan fingerprint density at radius 3 is 2.80 bits per heavy atom. The third kappa shape index (κ3) is 4.07.